The number of aromatic nitrogens is 4. The van der Waals surface area contributed by atoms with Gasteiger partial charge in [0.2, 0.25) is 0 Å². The Kier molecular flexibility index (Phi) is 5.24. The average molecular weight is 431 g/mol. The molecule has 0 saturated carbocycles. The Labute approximate surface area is 183 Å². The molecule has 0 radical (unpaired) electrons. The predicted octanol–water partition coefficient (Wildman–Crippen LogP) is 3.58. The van der Waals surface area contributed by atoms with Gasteiger partial charge in [-0.05, 0) is 37.6 Å². The Morgan fingerprint density at radius 3 is 2.75 bits per heavy atom. The summed E-state index contributed by atoms with van der Waals surface area (Å²) in [6.45, 7) is 0.958. The van der Waals surface area contributed by atoms with E-state index in [4.69, 9.17) is 10.7 Å². The van der Waals surface area contributed by atoms with Crippen LogP contribution < -0.4 is 16.4 Å². The third-order valence-electron chi connectivity index (χ3n) is 5.62. The molecule has 1 aliphatic rings. The normalized spacial score (nSPS) is 16.2. The van der Waals surface area contributed by atoms with Gasteiger partial charge in [-0.15, -0.1) is 0 Å². The van der Waals surface area contributed by atoms with Crippen LogP contribution in [0.2, 0.25) is 0 Å². The van der Waals surface area contributed by atoms with E-state index < -0.39 is 5.82 Å². The molecule has 9 heteroatoms. The molecular weight excluding hydrogens is 409 g/mol. The van der Waals surface area contributed by atoms with Crippen LogP contribution >= 0.6 is 0 Å². The molecule has 4 heterocycles. The summed E-state index contributed by atoms with van der Waals surface area (Å²) >= 11 is 0. The number of fused-ring (bicyclic) bond motifs is 1. The third kappa shape index (κ3) is 3.78. The van der Waals surface area contributed by atoms with Crippen LogP contribution in [0.25, 0.3) is 16.8 Å². The average Bonchev–Trinajstić information content (AvgIpc) is 3.21. The molecule has 8 nitrogen and oxygen atoms in total. The van der Waals surface area contributed by atoms with Crippen molar-refractivity contribution in [1.29, 1.82) is 0 Å². The number of amides is 1. The van der Waals surface area contributed by atoms with Crippen LogP contribution in [0, 0.1) is 5.82 Å². The first-order valence-electron chi connectivity index (χ1n) is 10.5. The summed E-state index contributed by atoms with van der Waals surface area (Å²) in [5.74, 6) is 0.617. The van der Waals surface area contributed by atoms with Crippen LogP contribution in [0.5, 0.6) is 0 Å². The fourth-order valence-electron chi connectivity index (χ4n) is 4.05. The zero-order valence-corrected chi connectivity index (χ0v) is 17.3. The zero-order chi connectivity index (χ0) is 22.1. The van der Waals surface area contributed by atoms with Gasteiger partial charge in [0.05, 0.1) is 6.04 Å². The number of carbonyl (C=O) groups excluding carboxylic acids is 1. The lowest BCUT2D eigenvalue weighted by Crippen LogP contribution is -2.28. The lowest BCUT2D eigenvalue weighted by molar-refractivity contribution is 0.102. The minimum atomic E-state index is -0.466. The second-order valence-electron chi connectivity index (χ2n) is 7.74. The highest BCUT2D eigenvalue weighted by atomic mass is 19.1. The number of hydrogen-bond acceptors (Lipinski definition) is 6. The van der Waals surface area contributed by atoms with Crippen molar-refractivity contribution >= 4 is 23.1 Å². The number of pyridine rings is 1. The molecule has 1 unspecified atom stereocenters. The summed E-state index contributed by atoms with van der Waals surface area (Å²) in [4.78, 5) is 25.6. The number of hydrogen-bond donors (Lipinski definition) is 3. The zero-order valence-electron chi connectivity index (χ0n) is 17.3. The summed E-state index contributed by atoms with van der Waals surface area (Å²) < 4.78 is 15.3. The van der Waals surface area contributed by atoms with Crippen LogP contribution in [-0.2, 0) is 0 Å². The molecule has 0 aliphatic carbocycles. The molecule has 1 aromatic carbocycles. The largest absolute Gasteiger partial charge is 0.382 e. The van der Waals surface area contributed by atoms with Crippen molar-refractivity contribution in [3.05, 3.63) is 72.2 Å². The van der Waals surface area contributed by atoms with E-state index in [1.54, 1.807) is 18.3 Å². The molecule has 3 aromatic heterocycles. The van der Waals surface area contributed by atoms with Crippen molar-refractivity contribution in [3.63, 3.8) is 0 Å². The maximum Gasteiger partial charge on any atom is 0.256 e. The van der Waals surface area contributed by atoms with E-state index in [1.807, 2.05) is 22.7 Å². The van der Waals surface area contributed by atoms with Crippen LogP contribution in [0.4, 0.5) is 16.0 Å². The van der Waals surface area contributed by atoms with Gasteiger partial charge in [0, 0.05) is 35.8 Å². The second-order valence-corrected chi connectivity index (χ2v) is 7.74. The highest BCUT2D eigenvalue weighted by molar-refractivity contribution is 6.04. The summed E-state index contributed by atoms with van der Waals surface area (Å²) in [5.41, 5.74) is 8.93. The lowest BCUT2D eigenvalue weighted by atomic mass is 10.0. The first-order chi connectivity index (χ1) is 15.6. The van der Waals surface area contributed by atoms with Crippen molar-refractivity contribution in [2.75, 3.05) is 17.6 Å². The third-order valence-corrected chi connectivity index (χ3v) is 5.62. The van der Waals surface area contributed by atoms with Gasteiger partial charge in [0.1, 0.15) is 34.5 Å². The van der Waals surface area contributed by atoms with E-state index >= 15 is 0 Å². The number of imidazole rings is 1. The first kappa shape index (κ1) is 20.1. The molecule has 1 aliphatic heterocycles. The topological polar surface area (TPSA) is 110 Å². The number of nitrogens with two attached hydrogens (primary N) is 1. The minimum absolute atomic E-state index is 0.149. The van der Waals surface area contributed by atoms with Gasteiger partial charge in [-0.2, -0.15) is 0 Å². The first-order valence-corrected chi connectivity index (χ1v) is 10.5. The fraction of sp³-hybridized carbons (Fsp3) is 0.217. The highest BCUT2D eigenvalue weighted by Crippen LogP contribution is 2.32. The number of nitrogens with zero attached hydrogens (tertiary/aromatic N) is 4. The van der Waals surface area contributed by atoms with Gasteiger partial charge in [-0.1, -0.05) is 18.6 Å². The predicted molar refractivity (Wildman–Crippen MR) is 120 cm³/mol. The molecule has 1 amide bonds. The number of rotatable bonds is 4. The van der Waals surface area contributed by atoms with E-state index in [2.05, 4.69) is 20.6 Å². The van der Waals surface area contributed by atoms with E-state index in [0.29, 0.717) is 11.4 Å². The minimum Gasteiger partial charge on any atom is -0.382 e. The van der Waals surface area contributed by atoms with Gasteiger partial charge in [-0.3, -0.25) is 9.20 Å². The molecule has 4 N–H and O–H groups in total. The van der Waals surface area contributed by atoms with Crippen molar-refractivity contribution in [1.82, 2.24) is 24.7 Å². The van der Waals surface area contributed by atoms with Gasteiger partial charge in [0.15, 0.2) is 0 Å². The molecule has 1 fully saturated rings. The maximum atomic E-state index is 13.3. The van der Waals surface area contributed by atoms with Crippen molar-refractivity contribution < 1.29 is 9.18 Å². The molecule has 1 saturated heterocycles. The van der Waals surface area contributed by atoms with Crippen molar-refractivity contribution in [3.8, 4) is 11.3 Å². The monoisotopic (exact) mass is 431 g/mol. The molecule has 32 heavy (non-hydrogen) atoms. The highest BCUT2D eigenvalue weighted by Gasteiger charge is 2.23. The summed E-state index contributed by atoms with van der Waals surface area (Å²) in [7, 11) is 0. The Morgan fingerprint density at radius 1 is 1.16 bits per heavy atom. The molecule has 1 atom stereocenters. The Hall–Kier alpha value is -3.85. The van der Waals surface area contributed by atoms with Crippen molar-refractivity contribution in [2.45, 2.75) is 25.3 Å². The number of piperidine rings is 1. The number of anilines is 2. The number of nitrogen functional groups attached to an aromatic ring is 1. The molecule has 4 aromatic rings. The summed E-state index contributed by atoms with van der Waals surface area (Å²) in [5, 5.41) is 6.13. The smallest absolute Gasteiger partial charge is 0.256 e. The van der Waals surface area contributed by atoms with Crippen LogP contribution in [0.3, 0.4) is 0 Å². The van der Waals surface area contributed by atoms with Crippen molar-refractivity contribution in [2.24, 2.45) is 0 Å². The SMILES string of the molecule is Nc1nccn2c(C3CCCCN3)nc(-c3ccc(C(=O)Nc4cc(F)ccn4)cc3)c12. The molecular formula is C23H22FN7O. The van der Waals surface area contributed by atoms with Crippen LogP contribution in [0.1, 0.15) is 41.5 Å². The number of carbonyl (C=O) groups is 1. The summed E-state index contributed by atoms with van der Waals surface area (Å²) in [6.07, 6.45) is 8.16. The number of halogens is 1. The molecule has 0 spiro atoms. The Balaban J connectivity index is 1.47. The molecule has 162 valence electrons. The van der Waals surface area contributed by atoms with E-state index in [9.17, 15) is 9.18 Å². The molecule has 0 bridgehead atoms. The van der Waals surface area contributed by atoms with E-state index in [1.165, 1.54) is 18.3 Å². The standard InChI is InChI=1S/C23H22FN7O/c24-16-8-10-27-18(13-16)29-23(32)15-6-4-14(5-7-15)19-20-21(25)28-11-12-31(20)22(30-19)17-3-1-2-9-26-17/h4-8,10-13,17,26H,1-3,9H2,(H2,25,28)(H,27,29,32). The lowest BCUT2D eigenvalue weighted by Gasteiger charge is -2.22. The Morgan fingerprint density at radius 2 is 2.00 bits per heavy atom. The number of benzene rings is 1. The quantitative estimate of drug-likeness (QED) is 0.456. The maximum absolute atomic E-state index is 13.3. The fourth-order valence-corrected chi connectivity index (χ4v) is 4.05. The second kappa shape index (κ2) is 8.35. The van der Waals surface area contributed by atoms with Crippen LogP contribution in [-0.4, -0.2) is 31.8 Å². The van der Waals surface area contributed by atoms with Crippen LogP contribution in [0.15, 0.2) is 55.0 Å². The van der Waals surface area contributed by atoms with E-state index in [0.717, 1.165) is 48.4 Å². The number of nitrogens with one attached hydrogen (secondary N) is 2. The van der Waals surface area contributed by atoms with Gasteiger partial charge in [-0.25, -0.2) is 19.3 Å². The molecule has 5 rings (SSSR count). The van der Waals surface area contributed by atoms with Gasteiger partial charge in [0.25, 0.3) is 5.91 Å². The van der Waals surface area contributed by atoms with Gasteiger partial charge >= 0.3 is 0 Å². The summed E-state index contributed by atoms with van der Waals surface area (Å²) in [6, 6.07) is 9.56. The van der Waals surface area contributed by atoms with Gasteiger partial charge < -0.3 is 16.4 Å². The van der Waals surface area contributed by atoms with E-state index in [-0.39, 0.29) is 17.8 Å². The Bertz CT molecular complexity index is 1280.